The zero-order valence-corrected chi connectivity index (χ0v) is 16.7. The van der Waals surface area contributed by atoms with Crippen molar-refractivity contribution in [1.82, 2.24) is 0 Å². The van der Waals surface area contributed by atoms with Gasteiger partial charge in [-0.1, -0.05) is 42.5 Å². The smallest absolute Gasteiger partial charge is 0.266 e. The van der Waals surface area contributed by atoms with Gasteiger partial charge in [0.1, 0.15) is 17.4 Å². The average molecular weight is 416 g/mol. The molecule has 0 aliphatic carbocycles. The highest BCUT2D eigenvalue weighted by Crippen LogP contribution is 2.48. The maximum absolute atomic E-state index is 13.6. The molecule has 2 heterocycles. The molecule has 0 saturated carbocycles. The Labute approximate surface area is 179 Å². The summed E-state index contributed by atoms with van der Waals surface area (Å²) >= 11 is 0. The number of nitrogens with zero attached hydrogens (tertiary/aromatic N) is 2. The molecular weight excluding hydrogens is 396 g/mol. The van der Waals surface area contributed by atoms with Crippen molar-refractivity contribution in [2.75, 3.05) is 17.1 Å². The largest absolute Gasteiger partial charge is 0.508 e. The van der Waals surface area contributed by atoms with E-state index in [9.17, 15) is 14.7 Å². The SMILES string of the molecule is COc1ccccc1N1C(=O)[C@@H]2[C@H](ON(c3ccccc3)[C@@H]2c2ccc(O)cc2)C1=O. The quantitative estimate of drug-likeness (QED) is 0.657. The molecule has 2 amide bonds. The Hall–Kier alpha value is -3.84. The molecule has 2 fully saturated rings. The van der Waals surface area contributed by atoms with Crippen LogP contribution in [0.3, 0.4) is 0 Å². The topological polar surface area (TPSA) is 79.3 Å². The van der Waals surface area contributed by atoms with Gasteiger partial charge in [-0.05, 0) is 42.0 Å². The van der Waals surface area contributed by atoms with Crippen LogP contribution in [0.4, 0.5) is 11.4 Å². The average Bonchev–Trinajstić information content (AvgIpc) is 3.31. The molecular formula is C24H20N2O5. The third-order valence-corrected chi connectivity index (χ3v) is 5.69. The van der Waals surface area contributed by atoms with Crippen LogP contribution >= 0.6 is 0 Å². The molecule has 5 rings (SSSR count). The first-order valence-electron chi connectivity index (χ1n) is 9.91. The van der Waals surface area contributed by atoms with Crippen LogP contribution in [0.25, 0.3) is 0 Å². The predicted octanol–water partition coefficient (Wildman–Crippen LogP) is 3.45. The molecule has 0 unspecified atom stereocenters. The van der Waals surface area contributed by atoms with Gasteiger partial charge in [-0.25, -0.2) is 9.96 Å². The molecule has 1 N–H and O–H groups in total. The van der Waals surface area contributed by atoms with Crippen molar-refractivity contribution in [2.24, 2.45) is 5.92 Å². The van der Waals surface area contributed by atoms with E-state index in [0.717, 1.165) is 16.2 Å². The lowest BCUT2D eigenvalue weighted by atomic mass is 9.90. The number of amides is 2. The van der Waals surface area contributed by atoms with Crippen LogP contribution in [0, 0.1) is 5.92 Å². The highest BCUT2D eigenvalue weighted by atomic mass is 16.7. The van der Waals surface area contributed by atoms with E-state index in [4.69, 9.17) is 9.57 Å². The monoisotopic (exact) mass is 416 g/mol. The van der Waals surface area contributed by atoms with E-state index in [1.54, 1.807) is 53.6 Å². The number of fused-ring (bicyclic) bond motifs is 1. The number of rotatable bonds is 4. The second-order valence-electron chi connectivity index (χ2n) is 7.43. The van der Waals surface area contributed by atoms with E-state index in [1.807, 2.05) is 30.3 Å². The van der Waals surface area contributed by atoms with Crippen LogP contribution in [-0.2, 0) is 14.4 Å². The summed E-state index contributed by atoms with van der Waals surface area (Å²) in [7, 11) is 1.50. The number of benzene rings is 3. The Morgan fingerprint density at radius 1 is 0.871 bits per heavy atom. The normalized spacial score (nSPS) is 22.7. The number of phenols is 1. The standard InChI is InChI=1S/C24H20N2O5/c1-30-19-10-6-5-9-18(19)25-23(28)20-21(15-11-13-17(27)14-12-15)26(31-22(20)24(25)29)16-7-3-2-4-8-16/h2-14,20-22,27H,1H3/t20-,21+,22-/m0/s1. The molecule has 0 bridgehead atoms. The van der Waals surface area contributed by atoms with Crippen molar-refractivity contribution in [2.45, 2.75) is 12.1 Å². The van der Waals surface area contributed by atoms with E-state index < -0.39 is 24.0 Å². The number of para-hydroxylation sites is 3. The molecule has 3 aromatic carbocycles. The summed E-state index contributed by atoms with van der Waals surface area (Å²) in [6.45, 7) is 0. The fraction of sp³-hybridized carbons (Fsp3) is 0.167. The highest BCUT2D eigenvalue weighted by Gasteiger charge is 2.60. The second kappa shape index (κ2) is 7.45. The van der Waals surface area contributed by atoms with Crippen LogP contribution in [0.1, 0.15) is 11.6 Å². The van der Waals surface area contributed by atoms with Crippen LogP contribution < -0.4 is 14.7 Å². The molecule has 2 saturated heterocycles. The lowest BCUT2D eigenvalue weighted by Gasteiger charge is -2.29. The summed E-state index contributed by atoms with van der Waals surface area (Å²) < 4.78 is 5.37. The molecule has 7 heteroatoms. The number of imide groups is 1. The van der Waals surface area contributed by atoms with Crippen molar-refractivity contribution >= 4 is 23.2 Å². The van der Waals surface area contributed by atoms with Gasteiger partial charge >= 0.3 is 0 Å². The van der Waals surface area contributed by atoms with Gasteiger partial charge in [-0.15, -0.1) is 0 Å². The zero-order chi connectivity index (χ0) is 21.5. The number of hydrogen-bond donors (Lipinski definition) is 1. The first-order chi connectivity index (χ1) is 15.1. The Balaban J connectivity index is 1.60. The molecule has 2 aliphatic rings. The number of methoxy groups -OCH3 is 1. The number of carbonyl (C=O) groups is 2. The van der Waals surface area contributed by atoms with Crippen LogP contribution in [0.5, 0.6) is 11.5 Å². The maximum atomic E-state index is 13.6. The van der Waals surface area contributed by atoms with Crippen molar-refractivity contribution in [3.8, 4) is 11.5 Å². The summed E-state index contributed by atoms with van der Waals surface area (Å²) in [6.07, 6.45) is -0.962. The Kier molecular flexibility index (Phi) is 4.60. The fourth-order valence-corrected chi connectivity index (χ4v) is 4.28. The van der Waals surface area contributed by atoms with Crippen molar-refractivity contribution < 1.29 is 24.3 Å². The molecule has 0 spiro atoms. The number of aromatic hydroxyl groups is 1. The predicted molar refractivity (Wildman–Crippen MR) is 114 cm³/mol. The van der Waals surface area contributed by atoms with Crippen molar-refractivity contribution in [3.63, 3.8) is 0 Å². The number of hydroxylamine groups is 1. The summed E-state index contributed by atoms with van der Waals surface area (Å²) in [5, 5.41) is 11.3. The first-order valence-corrected chi connectivity index (χ1v) is 9.91. The first kappa shape index (κ1) is 19.1. The molecule has 156 valence electrons. The van der Waals surface area contributed by atoms with Gasteiger partial charge in [0.05, 0.1) is 24.5 Å². The highest BCUT2D eigenvalue weighted by molar-refractivity contribution is 6.24. The number of hydrogen-bond acceptors (Lipinski definition) is 6. The van der Waals surface area contributed by atoms with Crippen LogP contribution in [-0.4, -0.2) is 30.1 Å². The number of anilines is 2. The molecule has 0 radical (unpaired) electrons. The fourth-order valence-electron chi connectivity index (χ4n) is 4.28. The van der Waals surface area contributed by atoms with E-state index in [1.165, 1.54) is 7.11 Å². The summed E-state index contributed by atoms with van der Waals surface area (Å²) in [4.78, 5) is 34.2. The summed E-state index contributed by atoms with van der Waals surface area (Å²) in [5.74, 6) is -0.972. The molecule has 31 heavy (non-hydrogen) atoms. The van der Waals surface area contributed by atoms with E-state index in [-0.39, 0.29) is 11.7 Å². The van der Waals surface area contributed by atoms with Gasteiger partial charge in [0.2, 0.25) is 5.91 Å². The third-order valence-electron chi connectivity index (χ3n) is 5.69. The lowest BCUT2D eigenvalue weighted by molar-refractivity contribution is -0.126. The van der Waals surface area contributed by atoms with E-state index in [2.05, 4.69) is 0 Å². The second-order valence-corrected chi connectivity index (χ2v) is 7.43. The maximum Gasteiger partial charge on any atom is 0.266 e. The van der Waals surface area contributed by atoms with Gasteiger partial charge in [-0.2, -0.15) is 0 Å². The number of ether oxygens (including phenoxy) is 1. The van der Waals surface area contributed by atoms with Gasteiger partial charge in [0.25, 0.3) is 5.91 Å². The Bertz CT molecular complexity index is 1130. The van der Waals surface area contributed by atoms with Gasteiger partial charge in [0, 0.05) is 0 Å². The van der Waals surface area contributed by atoms with E-state index >= 15 is 0 Å². The van der Waals surface area contributed by atoms with Gasteiger partial charge in [0.15, 0.2) is 6.10 Å². The van der Waals surface area contributed by atoms with Crippen molar-refractivity contribution in [3.05, 3.63) is 84.4 Å². The molecule has 0 aromatic heterocycles. The molecule has 7 nitrogen and oxygen atoms in total. The Morgan fingerprint density at radius 3 is 2.26 bits per heavy atom. The minimum absolute atomic E-state index is 0.120. The zero-order valence-electron chi connectivity index (χ0n) is 16.7. The molecule has 3 aromatic rings. The molecule has 3 atom stereocenters. The number of carbonyl (C=O) groups excluding carboxylic acids is 2. The van der Waals surface area contributed by atoms with E-state index in [0.29, 0.717) is 11.4 Å². The number of phenolic OH excluding ortho intramolecular Hbond substituents is 1. The van der Waals surface area contributed by atoms with Gasteiger partial charge in [-0.3, -0.25) is 14.4 Å². The summed E-state index contributed by atoms with van der Waals surface area (Å²) in [5.41, 5.74) is 1.89. The third kappa shape index (κ3) is 3.02. The van der Waals surface area contributed by atoms with Crippen LogP contribution in [0.2, 0.25) is 0 Å². The van der Waals surface area contributed by atoms with Crippen molar-refractivity contribution in [1.29, 1.82) is 0 Å². The lowest BCUT2D eigenvalue weighted by Crippen LogP contribution is -2.37. The summed E-state index contributed by atoms with van der Waals surface area (Å²) in [6, 6.07) is 22.3. The Morgan fingerprint density at radius 2 is 1.55 bits per heavy atom. The molecule has 2 aliphatic heterocycles. The minimum Gasteiger partial charge on any atom is -0.508 e. The van der Waals surface area contributed by atoms with Crippen LogP contribution in [0.15, 0.2) is 78.9 Å². The minimum atomic E-state index is -0.962. The van der Waals surface area contributed by atoms with Gasteiger partial charge < -0.3 is 9.84 Å².